The lowest BCUT2D eigenvalue weighted by Gasteiger charge is -2.32. The monoisotopic (exact) mass is 290 g/mol. The Morgan fingerprint density at radius 3 is 2.33 bits per heavy atom. The summed E-state index contributed by atoms with van der Waals surface area (Å²) in [7, 11) is 1.15. The summed E-state index contributed by atoms with van der Waals surface area (Å²) in [5.41, 5.74) is 0.0437. The average molecular weight is 290 g/mol. The van der Waals surface area contributed by atoms with Gasteiger partial charge in [-0.05, 0) is 45.9 Å². The van der Waals surface area contributed by atoms with Gasteiger partial charge in [0.15, 0.2) is 0 Å². The number of hydrogen-bond donors (Lipinski definition) is 0. The van der Waals surface area contributed by atoms with E-state index in [9.17, 15) is 0 Å². The Hall–Kier alpha value is -1.46. The summed E-state index contributed by atoms with van der Waals surface area (Å²) in [5, 5.41) is 0. The lowest BCUT2D eigenvalue weighted by atomic mass is 9.78. The molecular weight excluding hydrogens is 267 g/mol. The van der Waals surface area contributed by atoms with Gasteiger partial charge >= 0.3 is 7.12 Å². The van der Waals surface area contributed by atoms with E-state index in [1.165, 1.54) is 0 Å². The molecular formula is C16H23BO4. The van der Waals surface area contributed by atoms with E-state index < -0.39 is 18.3 Å². The minimum Gasteiger partial charge on any atom is -0.497 e. The molecule has 5 heteroatoms. The maximum absolute atomic E-state index is 6.09. The molecule has 0 saturated carbocycles. The van der Waals surface area contributed by atoms with E-state index in [-0.39, 0.29) is 0 Å². The van der Waals surface area contributed by atoms with E-state index in [4.69, 9.17) is 18.8 Å². The van der Waals surface area contributed by atoms with Crippen LogP contribution in [0.1, 0.15) is 27.7 Å². The van der Waals surface area contributed by atoms with Gasteiger partial charge in [-0.2, -0.15) is 0 Å². The van der Waals surface area contributed by atoms with Crippen molar-refractivity contribution in [1.82, 2.24) is 0 Å². The fourth-order valence-corrected chi connectivity index (χ4v) is 2.09. The van der Waals surface area contributed by atoms with Crippen LogP contribution in [0.25, 0.3) is 0 Å². The standard InChI is InChI=1S/C16H23BO4/c1-7-10-19-14-9-8-12(18-6)11-13(14)17-20-15(2,3)16(4,5)21-17/h7-9,11H,1,10H2,2-6H3. The van der Waals surface area contributed by atoms with Crippen molar-refractivity contribution in [2.24, 2.45) is 0 Å². The molecule has 1 aliphatic rings. The molecule has 1 aliphatic heterocycles. The lowest BCUT2D eigenvalue weighted by molar-refractivity contribution is 0.00578. The first-order valence-corrected chi connectivity index (χ1v) is 7.08. The first-order chi connectivity index (χ1) is 9.80. The molecule has 1 fully saturated rings. The van der Waals surface area contributed by atoms with Gasteiger partial charge in [-0.15, -0.1) is 0 Å². The van der Waals surface area contributed by atoms with Crippen molar-refractivity contribution >= 4 is 12.6 Å². The third-order valence-electron chi connectivity index (χ3n) is 4.08. The second-order valence-corrected chi connectivity index (χ2v) is 6.09. The summed E-state index contributed by atoms with van der Waals surface area (Å²) in [5.74, 6) is 1.46. The highest BCUT2D eigenvalue weighted by Gasteiger charge is 2.52. The van der Waals surface area contributed by atoms with Crippen LogP contribution in [0.4, 0.5) is 0 Å². The molecule has 21 heavy (non-hydrogen) atoms. The average Bonchev–Trinajstić information content (AvgIpc) is 2.65. The molecule has 1 heterocycles. The maximum Gasteiger partial charge on any atom is 0.498 e. The van der Waals surface area contributed by atoms with Crippen LogP contribution in [0.2, 0.25) is 0 Å². The molecule has 0 radical (unpaired) electrons. The van der Waals surface area contributed by atoms with E-state index in [2.05, 4.69) is 6.58 Å². The van der Waals surface area contributed by atoms with E-state index in [1.54, 1.807) is 13.2 Å². The first kappa shape index (κ1) is 15.9. The zero-order chi connectivity index (χ0) is 15.7. The van der Waals surface area contributed by atoms with Crippen molar-refractivity contribution in [2.45, 2.75) is 38.9 Å². The number of rotatable bonds is 5. The van der Waals surface area contributed by atoms with Crippen molar-refractivity contribution in [3.8, 4) is 11.5 Å². The van der Waals surface area contributed by atoms with Crippen LogP contribution in [0.15, 0.2) is 30.9 Å². The number of benzene rings is 1. The summed E-state index contributed by atoms with van der Waals surface area (Å²) < 4.78 is 23.2. The van der Waals surface area contributed by atoms with E-state index in [0.29, 0.717) is 12.4 Å². The van der Waals surface area contributed by atoms with Crippen molar-refractivity contribution in [3.05, 3.63) is 30.9 Å². The van der Waals surface area contributed by atoms with Gasteiger partial charge in [0, 0.05) is 5.46 Å². The van der Waals surface area contributed by atoms with E-state index >= 15 is 0 Å². The number of ether oxygens (including phenoxy) is 2. The second kappa shape index (κ2) is 5.74. The predicted octanol–water partition coefficient (Wildman–Crippen LogP) is 2.56. The summed E-state index contributed by atoms with van der Waals surface area (Å²) in [6.07, 6.45) is 1.71. The zero-order valence-corrected chi connectivity index (χ0v) is 13.4. The SMILES string of the molecule is C=CCOc1ccc(OC)cc1B1OC(C)(C)C(C)(C)O1. The Balaban J connectivity index is 2.35. The molecule has 114 valence electrons. The molecule has 2 rings (SSSR count). The molecule has 0 unspecified atom stereocenters. The Labute approximate surface area is 127 Å². The van der Waals surface area contributed by atoms with Crippen LogP contribution in [-0.4, -0.2) is 32.0 Å². The topological polar surface area (TPSA) is 36.9 Å². The Bertz CT molecular complexity index is 509. The molecule has 1 aromatic rings. The fourth-order valence-electron chi connectivity index (χ4n) is 2.09. The maximum atomic E-state index is 6.09. The molecule has 1 aromatic carbocycles. The molecule has 0 atom stereocenters. The molecule has 4 nitrogen and oxygen atoms in total. The van der Waals surface area contributed by atoms with Crippen molar-refractivity contribution in [3.63, 3.8) is 0 Å². The van der Waals surface area contributed by atoms with Crippen LogP contribution in [-0.2, 0) is 9.31 Å². The molecule has 1 saturated heterocycles. The van der Waals surface area contributed by atoms with Crippen molar-refractivity contribution < 1.29 is 18.8 Å². The Morgan fingerprint density at radius 1 is 1.19 bits per heavy atom. The molecule has 0 aromatic heterocycles. The highest BCUT2D eigenvalue weighted by atomic mass is 16.7. The summed E-state index contributed by atoms with van der Waals surface area (Å²) in [6.45, 7) is 12.2. The van der Waals surface area contributed by atoms with Crippen LogP contribution in [0.5, 0.6) is 11.5 Å². The molecule has 0 spiro atoms. The summed E-state index contributed by atoms with van der Waals surface area (Å²) in [4.78, 5) is 0. The highest BCUT2D eigenvalue weighted by molar-refractivity contribution is 6.63. The second-order valence-electron chi connectivity index (χ2n) is 6.09. The Kier molecular flexibility index (Phi) is 4.35. The van der Waals surface area contributed by atoms with Crippen LogP contribution in [0, 0.1) is 0 Å². The van der Waals surface area contributed by atoms with Gasteiger partial charge in [0.1, 0.15) is 18.1 Å². The van der Waals surface area contributed by atoms with E-state index in [1.807, 2.05) is 45.9 Å². The van der Waals surface area contributed by atoms with Gasteiger partial charge in [-0.3, -0.25) is 0 Å². The minimum absolute atomic E-state index is 0.392. The summed E-state index contributed by atoms with van der Waals surface area (Å²) >= 11 is 0. The van der Waals surface area contributed by atoms with Crippen LogP contribution in [0.3, 0.4) is 0 Å². The largest absolute Gasteiger partial charge is 0.498 e. The van der Waals surface area contributed by atoms with Gasteiger partial charge in [-0.25, -0.2) is 0 Å². The highest BCUT2D eigenvalue weighted by Crippen LogP contribution is 2.37. The van der Waals surface area contributed by atoms with Gasteiger partial charge in [0.05, 0.1) is 18.3 Å². The van der Waals surface area contributed by atoms with E-state index in [0.717, 1.165) is 11.2 Å². The predicted molar refractivity (Wildman–Crippen MR) is 84.4 cm³/mol. The molecule has 0 N–H and O–H groups in total. The molecule has 0 amide bonds. The molecule has 0 aliphatic carbocycles. The van der Waals surface area contributed by atoms with Gasteiger partial charge in [0.2, 0.25) is 0 Å². The number of hydrogen-bond acceptors (Lipinski definition) is 4. The fraction of sp³-hybridized carbons (Fsp3) is 0.500. The quantitative estimate of drug-likeness (QED) is 0.617. The van der Waals surface area contributed by atoms with Crippen molar-refractivity contribution in [2.75, 3.05) is 13.7 Å². The third-order valence-corrected chi connectivity index (χ3v) is 4.08. The zero-order valence-electron chi connectivity index (χ0n) is 13.4. The Morgan fingerprint density at radius 2 is 1.81 bits per heavy atom. The molecule has 0 bridgehead atoms. The van der Waals surface area contributed by atoms with Crippen LogP contribution >= 0.6 is 0 Å². The van der Waals surface area contributed by atoms with Crippen molar-refractivity contribution in [1.29, 1.82) is 0 Å². The lowest BCUT2D eigenvalue weighted by Crippen LogP contribution is -2.41. The van der Waals surface area contributed by atoms with Gasteiger partial charge < -0.3 is 18.8 Å². The number of methoxy groups -OCH3 is 1. The van der Waals surface area contributed by atoms with Gasteiger partial charge in [-0.1, -0.05) is 12.7 Å². The first-order valence-electron chi connectivity index (χ1n) is 7.08. The minimum atomic E-state index is -0.482. The normalized spacial score (nSPS) is 19.4. The van der Waals surface area contributed by atoms with Gasteiger partial charge in [0.25, 0.3) is 0 Å². The third kappa shape index (κ3) is 3.09. The summed E-state index contributed by atoms with van der Waals surface area (Å²) in [6, 6.07) is 5.61. The van der Waals surface area contributed by atoms with Crippen LogP contribution < -0.4 is 14.9 Å². The smallest absolute Gasteiger partial charge is 0.497 e.